The molecule has 10 heteroatoms. The van der Waals surface area contributed by atoms with Crippen LogP contribution < -0.4 is 14.4 Å². The molecule has 0 amide bonds. The number of anilines is 1. The van der Waals surface area contributed by atoms with Crippen molar-refractivity contribution >= 4 is 38.6 Å². The minimum Gasteiger partial charge on any atom is -0.480 e. The van der Waals surface area contributed by atoms with Crippen molar-refractivity contribution in [3.8, 4) is 5.75 Å². The highest BCUT2D eigenvalue weighted by atomic mass is 32.2. The second-order valence-corrected chi connectivity index (χ2v) is 10.7. The average Bonchev–Trinajstić information content (AvgIpc) is 2.92. The van der Waals surface area contributed by atoms with Gasteiger partial charge in [0.15, 0.2) is 0 Å². The van der Waals surface area contributed by atoms with Gasteiger partial charge in [0, 0.05) is 30.6 Å². The molecule has 4 aromatic carbocycles. The van der Waals surface area contributed by atoms with E-state index < -0.39 is 28.2 Å². The number of fused-ring (bicyclic) bond motifs is 1. The van der Waals surface area contributed by atoms with E-state index >= 15 is 0 Å². The minimum atomic E-state index is -4.18. The Kier molecular flexibility index (Phi) is 8.48. The van der Waals surface area contributed by atoms with Crippen LogP contribution >= 0.6 is 0 Å². The van der Waals surface area contributed by atoms with E-state index in [2.05, 4.69) is 4.72 Å². The largest absolute Gasteiger partial charge is 0.514 e. The van der Waals surface area contributed by atoms with Gasteiger partial charge in [0.2, 0.25) is 10.0 Å². The van der Waals surface area contributed by atoms with Crippen molar-refractivity contribution in [3.63, 3.8) is 0 Å². The molecule has 0 saturated carbocycles. The van der Waals surface area contributed by atoms with Crippen LogP contribution in [0.3, 0.4) is 0 Å². The second kappa shape index (κ2) is 12.0. The van der Waals surface area contributed by atoms with E-state index in [9.17, 15) is 23.1 Å². The third kappa shape index (κ3) is 6.92. The highest BCUT2D eigenvalue weighted by Gasteiger charge is 2.27. The summed E-state index contributed by atoms with van der Waals surface area (Å²) in [6.07, 6.45) is -1.00. The van der Waals surface area contributed by atoms with Gasteiger partial charge in [-0.25, -0.2) is 13.2 Å². The van der Waals surface area contributed by atoms with E-state index in [1.807, 2.05) is 61.5 Å². The van der Waals surface area contributed by atoms with E-state index in [0.29, 0.717) is 10.9 Å². The number of carboxylic acids is 1. The van der Waals surface area contributed by atoms with Crippen molar-refractivity contribution < 1.29 is 32.6 Å². The molecule has 0 bridgehead atoms. The van der Waals surface area contributed by atoms with Crippen LogP contribution in [-0.2, 0) is 32.6 Å². The SMILES string of the molecule is CN(C)c1cccc2c(S(=O)(=O)N[C@@H](Cc3ccc(OC(=O)OCc4ccccc4)cc3)C(=O)O)cccc12. The summed E-state index contributed by atoms with van der Waals surface area (Å²) in [4.78, 5) is 25.9. The topological polar surface area (TPSA) is 122 Å². The van der Waals surface area contributed by atoms with E-state index in [-0.39, 0.29) is 23.7 Å². The Morgan fingerprint density at radius 1 is 0.846 bits per heavy atom. The second-order valence-electron chi connectivity index (χ2n) is 9.01. The van der Waals surface area contributed by atoms with Crippen LogP contribution in [0.15, 0.2) is 95.9 Å². The molecule has 0 radical (unpaired) electrons. The molecule has 2 N–H and O–H groups in total. The summed E-state index contributed by atoms with van der Waals surface area (Å²) in [5.74, 6) is -1.12. The Hall–Kier alpha value is -4.41. The van der Waals surface area contributed by atoms with Crippen LogP contribution in [0, 0.1) is 0 Å². The molecule has 0 heterocycles. The van der Waals surface area contributed by atoms with Gasteiger partial charge in [0.25, 0.3) is 0 Å². The van der Waals surface area contributed by atoms with Gasteiger partial charge in [-0.05, 0) is 41.8 Å². The van der Waals surface area contributed by atoms with Crippen LogP contribution in [0.1, 0.15) is 11.1 Å². The Morgan fingerprint density at radius 2 is 1.51 bits per heavy atom. The molecule has 1 atom stereocenters. The molecule has 0 aliphatic heterocycles. The number of carbonyl (C=O) groups is 2. The van der Waals surface area contributed by atoms with E-state index in [1.54, 1.807) is 30.3 Å². The van der Waals surface area contributed by atoms with Gasteiger partial charge in [-0.2, -0.15) is 4.72 Å². The molecule has 202 valence electrons. The fourth-order valence-corrected chi connectivity index (χ4v) is 5.50. The quantitative estimate of drug-likeness (QED) is 0.218. The lowest BCUT2D eigenvalue weighted by Crippen LogP contribution is -2.42. The predicted molar refractivity (Wildman–Crippen MR) is 147 cm³/mol. The Morgan fingerprint density at radius 3 is 2.18 bits per heavy atom. The molecule has 0 spiro atoms. The lowest BCUT2D eigenvalue weighted by atomic mass is 10.1. The van der Waals surface area contributed by atoms with Crippen LogP contribution in [0.2, 0.25) is 0 Å². The van der Waals surface area contributed by atoms with E-state index in [1.165, 1.54) is 18.2 Å². The molecule has 39 heavy (non-hydrogen) atoms. The Bertz CT molecular complexity index is 1570. The summed E-state index contributed by atoms with van der Waals surface area (Å²) in [5.41, 5.74) is 2.18. The van der Waals surface area contributed by atoms with Gasteiger partial charge in [-0.1, -0.05) is 66.7 Å². The lowest BCUT2D eigenvalue weighted by Gasteiger charge is -2.19. The summed E-state index contributed by atoms with van der Waals surface area (Å²) < 4.78 is 39.2. The highest BCUT2D eigenvalue weighted by molar-refractivity contribution is 7.89. The molecule has 0 aliphatic rings. The minimum absolute atomic E-state index is 0.00675. The first-order chi connectivity index (χ1) is 18.6. The van der Waals surface area contributed by atoms with Gasteiger partial charge in [0.1, 0.15) is 18.4 Å². The molecule has 4 rings (SSSR count). The van der Waals surface area contributed by atoms with Crippen molar-refractivity contribution in [1.82, 2.24) is 4.72 Å². The zero-order valence-corrected chi connectivity index (χ0v) is 22.2. The summed E-state index contributed by atoms with van der Waals surface area (Å²) in [6.45, 7) is 0.0609. The molecule has 0 aromatic heterocycles. The van der Waals surface area contributed by atoms with Crippen LogP contribution in [0.5, 0.6) is 5.75 Å². The summed E-state index contributed by atoms with van der Waals surface area (Å²) in [6, 6.07) is 24.0. The van der Waals surface area contributed by atoms with Gasteiger partial charge >= 0.3 is 12.1 Å². The maximum Gasteiger partial charge on any atom is 0.514 e. The number of carbonyl (C=O) groups excluding carboxylic acids is 1. The van der Waals surface area contributed by atoms with Gasteiger partial charge in [-0.3, -0.25) is 4.79 Å². The molecular weight excluding hydrogens is 520 g/mol. The lowest BCUT2D eigenvalue weighted by molar-refractivity contribution is -0.138. The first-order valence-electron chi connectivity index (χ1n) is 12.1. The number of carboxylic acid groups (broad SMARTS) is 1. The maximum atomic E-state index is 13.3. The van der Waals surface area contributed by atoms with Crippen LogP contribution in [0.4, 0.5) is 10.5 Å². The van der Waals surface area contributed by atoms with E-state index in [0.717, 1.165) is 16.6 Å². The number of nitrogens with one attached hydrogen (secondary N) is 1. The third-order valence-electron chi connectivity index (χ3n) is 5.99. The average molecular weight is 549 g/mol. The monoisotopic (exact) mass is 548 g/mol. The van der Waals surface area contributed by atoms with Gasteiger partial charge in [0.05, 0.1) is 4.90 Å². The standard InChI is InChI=1S/C29H28N2O7S/c1-31(2)26-12-6-11-24-23(26)10-7-13-27(24)39(35,36)30-25(28(32)33)18-20-14-16-22(17-15-20)38-29(34)37-19-21-8-4-3-5-9-21/h3-17,25,30H,18-19H2,1-2H3,(H,32,33)/t25-/m0/s1. The zero-order chi connectivity index (χ0) is 28.0. The summed E-state index contributed by atoms with van der Waals surface area (Å²) >= 11 is 0. The smallest absolute Gasteiger partial charge is 0.480 e. The third-order valence-corrected chi connectivity index (χ3v) is 7.52. The van der Waals surface area contributed by atoms with Crippen molar-refractivity contribution in [3.05, 3.63) is 102 Å². The first-order valence-corrected chi connectivity index (χ1v) is 13.5. The van der Waals surface area contributed by atoms with Crippen LogP contribution in [-0.4, -0.2) is 45.8 Å². The van der Waals surface area contributed by atoms with Crippen molar-refractivity contribution in [2.24, 2.45) is 0 Å². The van der Waals surface area contributed by atoms with Crippen molar-refractivity contribution in [2.75, 3.05) is 19.0 Å². The number of rotatable bonds is 10. The highest BCUT2D eigenvalue weighted by Crippen LogP contribution is 2.30. The normalized spacial score (nSPS) is 12.1. The fourth-order valence-electron chi connectivity index (χ4n) is 4.09. The molecule has 4 aromatic rings. The molecule has 0 aliphatic carbocycles. The fraction of sp³-hybridized carbons (Fsp3) is 0.172. The van der Waals surface area contributed by atoms with Crippen molar-refractivity contribution in [1.29, 1.82) is 0 Å². The van der Waals surface area contributed by atoms with Gasteiger partial charge < -0.3 is 19.5 Å². The molecule has 0 fully saturated rings. The predicted octanol–water partition coefficient (Wildman–Crippen LogP) is 4.60. The number of ether oxygens (including phenoxy) is 2. The zero-order valence-electron chi connectivity index (χ0n) is 21.4. The van der Waals surface area contributed by atoms with E-state index in [4.69, 9.17) is 9.47 Å². The number of hydrogen-bond acceptors (Lipinski definition) is 7. The molecular formula is C29H28N2O7S. The number of nitrogens with zero attached hydrogens (tertiary/aromatic N) is 1. The van der Waals surface area contributed by atoms with Crippen LogP contribution in [0.25, 0.3) is 10.8 Å². The number of hydrogen-bond donors (Lipinski definition) is 2. The molecule has 9 nitrogen and oxygen atoms in total. The summed E-state index contributed by atoms with van der Waals surface area (Å²) in [7, 11) is -0.463. The number of aliphatic carboxylic acids is 1. The Labute approximate surface area is 226 Å². The maximum absolute atomic E-state index is 13.3. The number of sulfonamides is 1. The summed E-state index contributed by atoms with van der Waals surface area (Å²) in [5, 5.41) is 11.0. The molecule has 0 saturated heterocycles. The Balaban J connectivity index is 1.44. The van der Waals surface area contributed by atoms with Gasteiger partial charge in [-0.15, -0.1) is 0 Å². The van der Waals surface area contributed by atoms with Crippen molar-refractivity contribution in [2.45, 2.75) is 24.0 Å². The number of benzene rings is 4. The molecule has 0 unspecified atom stereocenters. The first kappa shape index (κ1) is 27.6.